The third-order valence-electron chi connectivity index (χ3n) is 5.74. The van der Waals surface area contributed by atoms with Gasteiger partial charge in [-0.05, 0) is 36.3 Å². The van der Waals surface area contributed by atoms with Gasteiger partial charge in [0.25, 0.3) is 0 Å². The number of piperazine rings is 1. The molecule has 1 saturated heterocycles. The highest BCUT2D eigenvalue weighted by atomic mass is 19.1. The average molecular weight is 412 g/mol. The lowest BCUT2D eigenvalue weighted by atomic mass is 10.0. The third-order valence-corrected chi connectivity index (χ3v) is 5.74. The summed E-state index contributed by atoms with van der Waals surface area (Å²) < 4.78 is 13.1. The number of hydrogen-bond donors (Lipinski definition) is 0. The van der Waals surface area contributed by atoms with Gasteiger partial charge in [-0.1, -0.05) is 56.3 Å². The van der Waals surface area contributed by atoms with E-state index in [4.69, 9.17) is 0 Å². The summed E-state index contributed by atoms with van der Waals surface area (Å²) in [4.78, 5) is 31.8. The van der Waals surface area contributed by atoms with Gasteiger partial charge in [0, 0.05) is 26.2 Å². The van der Waals surface area contributed by atoms with E-state index < -0.39 is 0 Å². The van der Waals surface area contributed by atoms with E-state index in [1.54, 1.807) is 17.0 Å². The molecule has 0 spiro atoms. The molecule has 1 fully saturated rings. The van der Waals surface area contributed by atoms with Crippen molar-refractivity contribution in [2.45, 2.75) is 26.3 Å². The van der Waals surface area contributed by atoms with Gasteiger partial charge in [0.05, 0.1) is 6.42 Å². The minimum absolute atomic E-state index is 0.0112. The number of halogens is 1. The van der Waals surface area contributed by atoms with E-state index in [-0.39, 0.29) is 30.1 Å². The van der Waals surface area contributed by atoms with Crippen molar-refractivity contribution in [3.8, 4) is 0 Å². The van der Waals surface area contributed by atoms with Crippen LogP contribution in [0.5, 0.6) is 0 Å². The van der Waals surface area contributed by atoms with Crippen molar-refractivity contribution in [1.29, 1.82) is 0 Å². The molecule has 0 saturated carbocycles. The molecule has 0 N–H and O–H groups in total. The molecular weight excluding hydrogens is 381 g/mol. The Morgan fingerprint density at radius 2 is 1.47 bits per heavy atom. The number of nitrogens with zero attached hydrogens (tertiary/aromatic N) is 3. The second kappa shape index (κ2) is 10.3. The molecule has 3 rings (SSSR count). The van der Waals surface area contributed by atoms with Crippen molar-refractivity contribution in [1.82, 2.24) is 14.7 Å². The highest BCUT2D eigenvalue weighted by Crippen LogP contribution is 2.24. The van der Waals surface area contributed by atoms with Crippen LogP contribution < -0.4 is 0 Å². The zero-order valence-electron chi connectivity index (χ0n) is 17.8. The average Bonchev–Trinajstić information content (AvgIpc) is 2.79. The van der Waals surface area contributed by atoms with E-state index in [9.17, 15) is 14.0 Å². The zero-order chi connectivity index (χ0) is 21.5. The van der Waals surface area contributed by atoms with Crippen LogP contribution >= 0.6 is 0 Å². The van der Waals surface area contributed by atoms with Crippen LogP contribution in [0.3, 0.4) is 0 Å². The number of hydrogen-bond acceptors (Lipinski definition) is 3. The van der Waals surface area contributed by atoms with Crippen LogP contribution in [0.25, 0.3) is 0 Å². The predicted octanol–water partition coefficient (Wildman–Crippen LogP) is 3.12. The number of rotatable bonds is 7. The van der Waals surface area contributed by atoms with E-state index >= 15 is 0 Å². The second-order valence-electron chi connectivity index (χ2n) is 7.54. The summed E-state index contributed by atoms with van der Waals surface area (Å²) in [5.41, 5.74) is 1.80. The first-order chi connectivity index (χ1) is 14.5. The maximum absolute atomic E-state index is 13.4. The molecule has 2 amide bonds. The summed E-state index contributed by atoms with van der Waals surface area (Å²) in [5.74, 6) is -0.202. The molecule has 0 aliphatic carbocycles. The van der Waals surface area contributed by atoms with Gasteiger partial charge in [-0.2, -0.15) is 0 Å². The van der Waals surface area contributed by atoms with Crippen LogP contribution in [0, 0.1) is 5.82 Å². The second-order valence-corrected chi connectivity index (χ2v) is 7.54. The lowest BCUT2D eigenvalue weighted by Gasteiger charge is -2.39. The highest BCUT2D eigenvalue weighted by Gasteiger charge is 2.32. The molecule has 2 aromatic rings. The lowest BCUT2D eigenvalue weighted by Crippen LogP contribution is -2.53. The monoisotopic (exact) mass is 411 g/mol. The number of carbonyl (C=O) groups is 2. The smallest absolute Gasteiger partial charge is 0.244 e. The van der Waals surface area contributed by atoms with Crippen molar-refractivity contribution < 1.29 is 14.0 Å². The Morgan fingerprint density at radius 1 is 0.900 bits per heavy atom. The zero-order valence-corrected chi connectivity index (χ0v) is 17.8. The molecule has 1 unspecified atom stereocenters. The molecule has 1 aliphatic rings. The van der Waals surface area contributed by atoms with E-state index in [0.717, 1.165) is 24.2 Å². The summed E-state index contributed by atoms with van der Waals surface area (Å²) in [6.07, 6.45) is 0.250. The molecule has 0 bridgehead atoms. The van der Waals surface area contributed by atoms with Crippen LogP contribution in [-0.4, -0.2) is 65.8 Å². The maximum atomic E-state index is 13.4. The molecule has 160 valence electrons. The van der Waals surface area contributed by atoms with E-state index in [1.807, 2.05) is 35.2 Å². The van der Waals surface area contributed by atoms with E-state index in [0.29, 0.717) is 26.2 Å². The number of amides is 2. The van der Waals surface area contributed by atoms with Gasteiger partial charge < -0.3 is 9.80 Å². The quantitative estimate of drug-likeness (QED) is 0.703. The number of benzene rings is 2. The van der Waals surface area contributed by atoms with Crippen molar-refractivity contribution >= 4 is 11.8 Å². The number of carbonyl (C=O) groups excluding carboxylic acids is 2. The maximum Gasteiger partial charge on any atom is 0.244 e. The van der Waals surface area contributed by atoms with Gasteiger partial charge in [-0.3, -0.25) is 14.5 Å². The molecule has 6 heteroatoms. The lowest BCUT2D eigenvalue weighted by molar-refractivity contribution is -0.143. The first-order valence-electron chi connectivity index (χ1n) is 10.6. The first kappa shape index (κ1) is 22.0. The topological polar surface area (TPSA) is 43.9 Å². The first-order valence-corrected chi connectivity index (χ1v) is 10.6. The van der Waals surface area contributed by atoms with Crippen molar-refractivity contribution in [2.24, 2.45) is 0 Å². The van der Waals surface area contributed by atoms with Gasteiger partial charge in [-0.15, -0.1) is 0 Å². The van der Waals surface area contributed by atoms with E-state index in [2.05, 4.69) is 18.7 Å². The molecule has 1 aliphatic heterocycles. The summed E-state index contributed by atoms with van der Waals surface area (Å²) in [6, 6.07) is 15.6. The van der Waals surface area contributed by atoms with E-state index in [1.165, 1.54) is 12.1 Å². The Hall–Kier alpha value is -2.73. The summed E-state index contributed by atoms with van der Waals surface area (Å²) >= 11 is 0. The van der Waals surface area contributed by atoms with Crippen molar-refractivity contribution in [2.75, 3.05) is 39.3 Å². The van der Waals surface area contributed by atoms with Crippen LogP contribution in [-0.2, 0) is 16.0 Å². The minimum atomic E-state index is -0.306. The van der Waals surface area contributed by atoms with Gasteiger partial charge in [0.15, 0.2) is 0 Å². The van der Waals surface area contributed by atoms with Gasteiger partial charge in [0.1, 0.15) is 11.9 Å². The summed E-state index contributed by atoms with van der Waals surface area (Å²) in [6.45, 7) is 7.81. The van der Waals surface area contributed by atoms with Gasteiger partial charge in [-0.25, -0.2) is 4.39 Å². The molecule has 0 radical (unpaired) electrons. The Balaban J connectivity index is 1.63. The Bertz CT molecular complexity index is 829. The Morgan fingerprint density at radius 3 is 2.03 bits per heavy atom. The highest BCUT2D eigenvalue weighted by molar-refractivity contribution is 5.84. The van der Waals surface area contributed by atoms with Crippen LogP contribution in [0.2, 0.25) is 0 Å². The van der Waals surface area contributed by atoms with Crippen molar-refractivity contribution in [3.05, 3.63) is 71.5 Å². The fraction of sp³-hybridized carbons (Fsp3) is 0.417. The SMILES string of the molecule is CCN(CC)C(C(=O)N1CCN(C(=O)Cc2ccc(F)cc2)CC1)c1ccccc1. The largest absolute Gasteiger partial charge is 0.339 e. The minimum Gasteiger partial charge on any atom is -0.339 e. The molecule has 2 aromatic carbocycles. The summed E-state index contributed by atoms with van der Waals surface area (Å²) in [5, 5.41) is 0. The van der Waals surface area contributed by atoms with Crippen LogP contribution in [0.4, 0.5) is 4.39 Å². The molecule has 1 atom stereocenters. The predicted molar refractivity (Wildman–Crippen MR) is 115 cm³/mol. The molecule has 30 heavy (non-hydrogen) atoms. The fourth-order valence-corrected chi connectivity index (χ4v) is 3.97. The fourth-order valence-electron chi connectivity index (χ4n) is 3.97. The molecule has 5 nitrogen and oxygen atoms in total. The summed E-state index contributed by atoms with van der Waals surface area (Å²) in [7, 11) is 0. The van der Waals surface area contributed by atoms with Crippen LogP contribution in [0.1, 0.15) is 31.0 Å². The molecule has 0 aromatic heterocycles. The Kier molecular flexibility index (Phi) is 7.57. The van der Waals surface area contributed by atoms with Crippen LogP contribution in [0.15, 0.2) is 54.6 Å². The Labute approximate surface area is 178 Å². The number of likely N-dealkylation sites (N-methyl/N-ethyl adjacent to an activating group) is 1. The third kappa shape index (κ3) is 5.25. The van der Waals surface area contributed by atoms with Gasteiger partial charge >= 0.3 is 0 Å². The van der Waals surface area contributed by atoms with Gasteiger partial charge in [0.2, 0.25) is 11.8 Å². The molecule has 1 heterocycles. The molecular formula is C24H30FN3O2. The normalized spacial score (nSPS) is 15.3. The standard InChI is InChI=1S/C24H30FN3O2/c1-3-26(4-2)23(20-8-6-5-7-9-20)24(30)28-16-14-27(15-17-28)22(29)18-19-10-12-21(25)13-11-19/h5-13,23H,3-4,14-18H2,1-2H3. The van der Waals surface area contributed by atoms with Crippen molar-refractivity contribution in [3.63, 3.8) is 0 Å².